The van der Waals surface area contributed by atoms with Crippen LogP contribution in [0.5, 0.6) is 5.88 Å². The van der Waals surface area contributed by atoms with Gasteiger partial charge in [-0.05, 0) is 43.2 Å². The number of carbonyl (C=O) groups excluding carboxylic acids is 1. The molecule has 1 N–H and O–H groups in total. The molecular weight excluding hydrogens is 410 g/mol. The molecule has 0 bridgehead atoms. The van der Waals surface area contributed by atoms with Crippen molar-refractivity contribution in [3.05, 3.63) is 60.6 Å². The summed E-state index contributed by atoms with van der Waals surface area (Å²) in [4.78, 5) is 38.8. The Hall–Kier alpha value is -3.75. The molecule has 4 rings (SSSR count). The number of ether oxygens (including phenoxy) is 1. The second-order valence-electron chi connectivity index (χ2n) is 7.23. The maximum absolute atomic E-state index is 12.2. The van der Waals surface area contributed by atoms with E-state index in [1.165, 1.54) is 0 Å². The van der Waals surface area contributed by atoms with E-state index in [9.17, 15) is 9.59 Å². The Morgan fingerprint density at radius 3 is 2.50 bits per heavy atom. The summed E-state index contributed by atoms with van der Waals surface area (Å²) in [6, 6.07) is 13.3. The first-order valence-electron chi connectivity index (χ1n) is 10.5. The van der Waals surface area contributed by atoms with Gasteiger partial charge in [0, 0.05) is 55.7 Å². The van der Waals surface area contributed by atoms with E-state index in [1.807, 2.05) is 36.4 Å². The SMILES string of the molecule is COc1ccccn1.O=C(O)CCN1CCN(CCCc2ccc3cccnc3n2)C1=O. The number of hydrogen-bond donors (Lipinski definition) is 1. The molecule has 0 spiro atoms. The summed E-state index contributed by atoms with van der Waals surface area (Å²) in [6.07, 6.45) is 5.02. The van der Waals surface area contributed by atoms with Gasteiger partial charge >= 0.3 is 12.0 Å². The number of fused-ring (bicyclic) bond motifs is 1. The van der Waals surface area contributed by atoms with E-state index >= 15 is 0 Å². The monoisotopic (exact) mass is 437 g/mol. The Kier molecular flexibility index (Phi) is 8.30. The smallest absolute Gasteiger partial charge is 0.320 e. The molecule has 1 saturated heterocycles. The van der Waals surface area contributed by atoms with Gasteiger partial charge in [0.15, 0.2) is 5.65 Å². The molecule has 0 aliphatic carbocycles. The van der Waals surface area contributed by atoms with Crippen molar-refractivity contribution in [1.82, 2.24) is 24.8 Å². The van der Waals surface area contributed by atoms with E-state index in [0.29, 0.717) is 25.5 Å². The van der Waals surface area contributed by atoms with Crippen LogP contribution in [0.15, 0.2) is 54.9 Å². The maximum Gasteiger partial charge on any atom is 0.320 e. The average molecular weight is 438 g/mol. The van der Waals surface area contributed by atoms with E-state index in [2.05, 4.69) is 15.0 Å². The van der Waals surface area contributed by atoms with Crippen LogP contribution in [0.4, 0.5) is 4.79 Å². The third-order valence-corrected chi connectivity index (χ3v) is 5.01. The lowest BCUT2D eigenvalue weighted by Gasteiger charge is -2.17. The molecule has 1 aliphatic heterocycles. The minimum Gasteiger partial charge on any atom is -0.481 e. The fourth-order valence-corrected chi connectivity index (χ4v) is 3.33. The van der Waals surface area contributed by atoms with Gasteiger partial charge in [-0.15, -0.1) is 0 Å². The van der Waals surface area contributed by atoms with Crippen LogP contribution >= 0.6 is 0 Å². The van der Waals surface area contributed by atoms with Gasteiger partial charge in [0.05, 0.1) is 13.5 Å². The van der Waals surface area contributed by atoms with E-state index in [-0.39, 0.29) is 19.0 Å². The first-order chi connectivity index (χ1) is 15.6. The normalized spacial score (nSPS) is 13.1. The first kappa shape index (κ1) is 22.9. The van der Waals surface area contributed by atoms with Gasteiger partial charge in [0.1, 0.15) is 0 Å². The Labute approximate surface area is 186 Å². The molecule has 168 valence electrons. The highest BCUT2D eigenvalue weighted by Gasteiger charge is 2.27. The van der Waals surface area contributed by atoms with E-state index in [4.69, 9.17) is 9.84 Å². The molecule has 32 heavy (non-hydrogen) atoms. The van der Waals surface area contributed by atoms with Gasteiger partial charge in [-0.2, -0.15) is 0 Å². The van der Waals surface area contributed by atoms with Crippen molar-refractivity contribution in [2.24, 2.45) is 0 Å². The molecule has 3 aromatic rings. The number of hydrogen-bond acceptors (Lipinski definition) is 6. The molecule has 0 saturated carbocycles. The van der Waals surface area contributed by atoms with Crippen LogP contribution in [0, 0.1) is 0 Å². The molecule has 3 aromatic heterocycles. The average Bonchev–Trinajstić information content (AvgIpc) is 3.18. The van der Waals surface area contributed by atoms with Crippen LogP contribution in [-0.2, 0) is 11.2 Å². The number of aromatic nitrogens is 3. The molecule has 9 nitrogen and oxygen atoms in total. The summed E-state index contributed by atoms with van der Waals surface area (Å²) in [5.41, 5.74) is 1.71. The topological polar surface area (TPSA) is 109 Å². The number of aryl methyl sites for hydroxylation is 1. The molecular formula is C23H27N5O4. The minimum atomic E-state index is -0.878. The first-order valence-corrected chi connectivity index (χ1v) is 10.5. The number of methoxy groups -OCH3 is 1. The van der Waals surface area contributed by atoms with Crippen LogP contribution in [0.1, 0.15) is 18.5 Å². The molecule has 0 aromatic carbocycles. The fourth-order valence-electron chi connectivity index (χ4n) is 3.33. The van der Waals surface area contributed by atoms with Gasteiger partial charge in [-0.3, -0.25) is 4.79 Å². The van der Waals surface area contributed by atoms with Crippen molar-refractivity contribution in [1.29, 1.82) is 0 Å². The Morgan fingerprint density at radius 1 is 1.03 bits per heavy atom. The molecule has 1 aliphatic rings. The highest BCUT2D eigenvalue weighted by atomic mass is 16.5. The van der Waals surface area contributed by atoms with Crippen LogP contribution in [0.3, 0.4) is 0 Å². The van der Waals surface area contributed by atoms with Gasteiger partial charge in [-0.25, -0.2) is 19.7 Å². The number of pyridine rings is 3. The van der Waals surface area contributed by atoms with Crippen molar-refractivity contribution >= 4 is 23.0 Å². The van der Waals surface area contributed by atoms with Crippen molar-refractivity contribution in [2.75, 3.05) is 33.3 Å². The van der Waals surface area contributed by atoms with E-state index in [1.54, 1.807) is 35.4 Å². The highest BCUT2D eigenvalue weighted by molar-refractivity contribution is 5.77. The zero-order valence-electron chi connectivity index (χ0n) is 18.1. The Balaban J connectivity index is 0.000000305. The standard InChI is InChI=1S/C17H20N4O3.C6H7NO/c22-15(23)7-10-21-12-11-20(17(21)24)9-2-4-14-6-5-13-3-1-8-18-16(13)19-14;1-8-6-4-2-3-5-7-6/h1,3,5-6,8H,2,4,7,9-12H2,(H,22,23);2-5H,1H3. The fraction of sp³-hybridized carbons (Fsp3) is 0.348. The molecule has 4 heterocycles. The van der Waals surface area contributed by atoms with Crippen molar-refractivity contribution in [2.45, 2.75) is 19.3 Å². The predicted molar refractivity (Wildman–Crippen MR) is 119 cm³/mol. The lowest BCUT2D eigenvalue weighted by Crippen LogP contribution is -2.33. The zero-order chi connectivity index (χ0) is 22.8. The molecule has 2 amide bonds. The van der Waals surface area contributed by atoms with Crippen LogP contribution in [-0.4, -0.2) is 75.1 Å². The summed E-state index contributed by atoms with van der Waals surface area (Å²) in [5.74, 6) is -0.218. The minimum absolute atomic E-state index is 0.00636. The quantitative estimate of drug-likeness (QED) is 0.577. The van der Waals surface area contributed by atoms with Crippen LogP contribution in [0.25, 0.3) is 11.0 Å². The number of carbonyl (C=O) groups is 2. The van der Waals surface area contributed by atoms with Crippen LogP contribution in [0.2, 0.25) is 0 Å². The van der Waals surface area contributed by atoms with Gasteiger partial charge in [-0.1, -0.05) is 6.07 Å². The van der Waals surface area contributed by atoms with Gasteiger partial charge in [0.25, 0.3) is 0 Å². The second-order valence-corrected chi connectivity index (χ2v) is 7.23. The summed E-state index contributed by atoms with van der Waals surface area (Å²) in [5, 5.41) is 9.72. The lowest BCUT2D eigenvalue weighted by molar-refractivity contribution is -0.137. The van der Waals surface area contributed by atoms with Crippen LogP contribution < -0.4 is 4.74 Å². The number of rotatable bonds is 8. The largest absolute Gasteiger partial charge is 0.481 e. The van der Waals surface area contributed by atoms with Crippen molar-refractivity contribution in [3.63, 3.8) is 0 Å². The molecule has 9 heteroatoms. The summed E-state index contributed by atoms with van der Waals surface area (Å²) >= 11 is 0. The Bertz CT molecular complexity index is 1030. The van der Waals surface area contributed by atoms with Crippen molar-refractivity contribution in [3.8, 4) is 5.88 Å². The summed E-state index contributed by atoms with van der Waals surface area (Å²) in [6.45, 7) is 2.20. The number of nitrogens with zero attached hydrogens (tertiary/aromatic N) is 5. The van der Waals surface area contributed by atoms with Gasteiger partial charge in [0.2, 0.25) is 5.88 Å². The number of carboxylic acid groups (broad SMARTS) is 1. The molecule has 1 fully saturated rings. The van der Waals surface area contributed by atoms with E-state index in [0.717, 1.165) is 29.6 Å². The highest BCUT2D eigenvalue weighted by Crippen LogP contribution is 2.13. The Morgan fingerprint density at radius 2 is 1.81 bits per heavy atom. The molecule has 0 radical (unpaired) electrons. The third kappa shape index (κ3) is 6.63. The zero-order valence-corrected chi connectivity index (χ0v) is 18.1. The maximum atomic E-state index is 12.2. The number of carboxylic acids is 1. The number of urea groups is 1. The van der Waals surface area contributed by atoms with E-state index < -0.39 is 5.97 Å². The number of amides is 2. The summed E-state index contributed by atoms with van der Waals surface area (Å²) < 4.78 is 4.80. The van der Waals surface area contributed by atoms with Gasteiger partial charge < -0.3 is 19.6 Å². The summed E-state index contributed by atoms with van der Waals surface area (Å²) in [7, 11) is 1.60. The second kappa shape index (κ2) is 11.6. The molecule has 0 atom stereocenters. The number of aliphatic carboxylic acids is 1. The molecule has 0 unspecified atom stereocenters. The van der Waals surface area contributed by atoms with Crippen molar-refractivity contribution < 1.29 is 19.4 Å². The third-order valence-electron chi connectivity index (χ3n) is 5.01. The predicted octanol–water partition coefficient (Wildman–Crippen LogP) is 2.86. The lowest BCUT2D eigenvalue weighted by atomic mass is 10.2.